The number of aromatic amines is 1. The summed E-state index contributed by atoms with van der Waals surface area (Å²) in [5.74, 6) is 3.66. The largest absolute Gasteiger partial charge is 0.439 e. The van der Waals surface area contributed by atoms with Crippen LogP contribution in [0.5, 0.6) is 0 Å². The number of imidazole rings is 1. The summed E-state index contributed by atoms with van der Waals surface area (Å²) in [5.41, 5.74) is 1.57. The molecule has 3 aromatic rings. The predicted molar refractivity (Wildman–Crippen MR) is 138 cm³/mol. The first-order valence-corrected chi connectivity index (χ1v) is 14.0. The number of nitrogens with zero attached hydrogens (tertiary/aromatic N) is 6. The lowest BCUT2D eigenvalue weighted by atomic mass is 9.80. The minimum absolute atomic E-state index is 0.220. The molecule has 3 atom stereocenters. The zero-order valence-corrected chi connectivity index (χ0v) is 21.7. The quantitative estimate of drug-likeness (QED) is 0.492. The molecule has 11 nitrogen and oxygen atoms in total. The molecule has 4 aliphatic rings. The average molecular weight is 509 g/mol. The second kappa shape index (κ2) is 9.11. The van der Waals surface area contributed by atoms with Gasteiger partial charge in [-0.05, 0) is 56.8 Å². The Kier molecular flexibility index (Phi) is 5.71. The van der Waals surface area contributed by atoms with Crippen LogP contribution in [0.4, 0.5) is 11.8 Å². The molecule has 11 heteroatoms. The second-order valence-electron chi connectivity index (χ2n) is 11.7. The molecule has 3 aromatic heterocycles. The van der Waals surface area contributed by atoms with Crippen LogP contribution in [0.15, 0.2) is 9.32 Å². The second-order valence-corrected chi connectivity index (χ2v) is 11.7. The molecule has 0 spiro atoms. The summed E-state index contributed by atoms with van der Waals surface area (Å²) < 4.78 is 13.0. The fourth-order valence-corrected chi connectivity index (χ4v) is 6.38. The lowest BCUT2D eigenvalue weighted by Gasteiger charge is -2.33. The molecule has 3 aliphatic carbocycles. The van der Waals surface area contributed by atoms with Crippen molar-refractivity contribution in [3.05, 3.63) is 10.6 Å². The molecule has 37 heavy (non-hydrogen) atoms. The molecule has 4 fully saturated rings. The Labute approximate surface area is 215 Å². The van der Waals surface area contributed by atoms with Crippen LogP contribution >= 0.6 is 0 Å². The van der Waals surface area contributed by atoms with E-state index in [1.54, 1.807) is 0 Å². The maximum atomic E-state index is 11.7. The van der Waals surface area contributed by atoms with E-state index in [1.165, 1.54) is 44.9 Å². The molecule has 2 unspecified atom stereocenters. The molecule has 0 bridgehead atoms. The van der Waals surface area contributed by atoms with Gasteiger partial charge in [0, 0.05) is 19.1 Å². The van der Waals surface area contributed by atoms with Gasteiger partial charge in [0.05, 0.1) is 18.8 Å². The van der Waals surface area contributed by atoms with Crippen molar-refractivity contribution in [3.63, 3.8) is 0 Å². The van der Waals surface area contributed by atoms with Gasteiger partial charge < -0.3 is 19.5 Å². The number of nitrogens with one attached hydrogen (secondary N) is 2. The molecular weight excluding hydrogens is 472 g/mol. The third-order valence-corrected chi connectivity index (χ3v) is 9.05. The fraction of sp³-hybridized carbons (Fsp3) is 0.731. The van der Waals surface area contributed by atoms with E-state index in [9.17, 15) is 4.79 Å². The Balaban J connectivity index is 1.35. The highest BCUT2D eigenvalue weighted by atomic mass is 16.5. The van der Waals surface area contributed by atoms with Crippen LogP contribution in [0.3, 0.4) is 0 Å². The maximum Gasteiger partial charge on any atom is 0.439 e. The smallest absolute Gasteiger partial charge is 0.374 e. The summed E-state index contributed by atoms with van der Waals surface area (Å²) >= 11 is 0. The molecule has 0 amide bonds. The van der Waals surface area contributed by atoms with Crippen molar-refractivity contribution in [1.29, 1.82) is 0 Å². The van der Waals surface area contributed by atoms with Crippen LogP contribution in [0.2, 0.25) is 0 Å². The van der Waals surface area contributed by atoms with Crippen molar-refractivity contribution in [2.45, 2.75) is 89.9 Å². The van der Waals surface area contributed by atoms with Crippen LogP contribution in [-0.4, -0.2) is 61.0 Å². The van der Waals surface area contributed by atoms with E-state index in [2.05, 4.69) is 38.8 Å². The van der Waals surface area contributed by atoms with Gasteiger partial charge in [0.2, 0.25) is 17.6 Å². The van der Waals surface area contributed by atoms with Crippen LogP contribution in [-0.2, 0) is 11.3 Å². The molecule has 0 aromatic carbocycles. The molecule has 2 N–H and O–H groups in total. The van der Waals surface area contributed by atoms with Crippen molar-refractivity contribution in [2.75, 3.05) is 23.4 Å². The first kappa shape index (κ1) is 23.2. The van der Waals surface area contributed by atoms with Crippen LogP contribution in [0.1, 0.15) is 65.2 Å². The first-order chi connectivity index (χ1) is 18.0. The lowest BCUT2D eigenvalue weighted by molar-refractivity contribution is 0.102. The van der Waals surface area contributed by atoms with Crippen LogP contribution < -0.4 is 16.0 Å². The van der Waals surface area contributed by atoms with Gasteiger partial charge in [-0.25, -0.2) is 14.8 Å². The summed E-state index contributed by atoms with van der Waals surface area (Å²) in [6, 6.07) is 0.648. The minimum Gasteiger partial charge on any atom is -0.374 e. The number of morpholine rings is 1. The molecule has 0 radical (unpaired) electrons. The fourth-order valence-electron chi connectivity index (χ4n) is 6.38. The number of H-pyrrole nitrogens is 1. The topological polar surface area (TPSA) is 127 Å². The molecule has 3 saturated carbocycles. The zero-order valence-electron chi connectivity index (χ0n) is 21.7. The van der Waals surface area contributed by atoms with Gasteiger partial charge in [0.1, 0.15) is 5.52 Å². The van der Waals surface area contributed by atoms with Crippen molar-refractivity contribution in [2.24, 2.45) is 17.8 Å². The van der Waals surface area contributed by atoms with E-state index < -0.39 is 5.76 Å². The third-order valence-electron chi connectivity index (χ3n) is 9.05. The summed E-state index contributed by atoms with van der Waals surface area (Å²) in [5, 5.41) is 7.58. The van der Waals surface area contributed by atoms with Gasteiger partial charge in [-0.3, -0.25) is 9.51 Å². The lowest BCUT2D eigenvalue weighted by Crippen LogP contribution is -2.38. The van der Waals surface area contributed by atoms with E-state index >= 15 is 0 Å². The Hall–Kier alpha value is -2.95. The summed E-state index contributed by atoms with van der Waals surface area (Å²) in [6.07, 6.45) is 10.1. The van der Waals surface area contributed by atoms with E-state index in [-0.39, 0.29) is 11.9 Å². The molecule has 4 heterocycles. The van der Waals surface area contributed by atoms with Crippen molar-refractivity contribution in [3.8, 4) is 11.6 Å². The summed E-state index contributed by atoms with van der Waals surface area (Å²) in [7, 11) is 0. The zero-order chi connectivity index (χ0) is 25.1. The van der Waals surface area contributed by atoms with E-state index in [0.717, 1.165) is 42.7 Å². The number of anilines is 2. The highest BCUT2D eigenvalue weighted by Crippen LogP contribution is 2.41. The van der Waals surface area contributed by atoms with E-state index in [0.29, 0.717) is 42.1 Å². The van der Waals surface area contributed by atoms with E-state index in [1.807, 2.05) is 0 Å². The first-order valence-electron chi connectivity index (χ1n) is 14.0. The van der Waals surface area contributed by atoms with E-state index in [4.69, 9.17) is 24.2 Å². The van der Waals surface area contributed by atoms with Gasteiger partial charge in [0.25, 0.3) is 0 Å². The predicted octanol–water partition coefficient (Wildman–Crippen LogP) is 3.57. The molecule has 1 saturated heterocycles. The van der Waals surface area contributed by atoms with Crippen LogP contribution in [0, 0.1) is 17.8 Å². The van der Waals surface area contributed by atoms with Crippen molar-refractivity contribution >= 4 is 22.9 Å². The number of rotatable bonds is 7. The Morgan fingerprint density at radius 3 is 2.70 bits per heavy atom. The summed E-state index contributed by atoms with van der Waals surface area (Å²) in [4.78, 5) is 31.5. The number of hydrogen-bond donors (Lipinski definition) is 2. The molecule has 7 rings (SSSR count). The van der Waals surface area contributed by atoms with Gasteiger partial charge in [0.15, 0.2) is 11.5 Å². The Morgan fingerprint density at radius 2 is 1.97 bits per heavy atom. The number of hydrogen-bond acceptors (Lipinski definition) is 9. The standard InChI is InChI=1S/C26H36N8O3/c1-14-6-8-16(9-7-14)13-34-20-21(27-15(2)17-4-3-5-17)28-23(24-31-26(35)37-32-24)29-22(20)30-25(34)33-10-11-36-19-12-18(19)33/h14-19H,3-13H2,1-2H3,(H,27,28,29)(H,31,32,35)/t14?,15-,16?,18?,19?/m1/s1. The van der Waals surface area contributed by atoms with Gasteiger partial charge in [-0.2, -0.15) is 4.98 Å². The normalized spacial score (nSPS) is 28.6. The average Bonchev–Trinajstić information content (AvgIpc) is 3.39. The van der Waals surface area contributed by atoms with Crippen molar-refractivity contribution in [1.82, 2.24) is 29.7 Å². The van der Waals surface area contributed by atoms with Gasteiger partial charge >= 0.3 is 5.76 Å². The van der Waals surface area contributed by atoms with Gasteiger partial charge in [-0.15, -0.1) is 0 Å². The number of ether oxygens (including phenoxy) is 1. The highest BCUT2D eigenvalue weighted by Gasteiger charge is 2.47. The number of fused-ring (bicyclic) bond motifs is 2. The minimum atomic E-state index is -0.623. The molecule has 1 aliphatic heterocycles. The summed E-state index contributed by atoms with van der Waals surface area (Å²) in [6.45, 7) is 7.04. The monoisotopic (exact) mass is 508 g/mol. The maximum absolute atomic E-state index is 11.7. The Bertz CT molecular complexity index is 1340. The number of aromatic nitrogens is 6. The Morgan fingerprint density at radius 1 is 1.14 bits per heavy atom. The SMILES string of the molecule is CC1CCC(Cn2c(N3CCOC4CC43)nc3nc(-c4noc(=O)[nH]4)nc(N[C@H](C)C4CCC4)c32)CC1. The third kappa shape index (κ3) is 4.30. The molecular formula is C26H36N8O3. The highest BCUT2D eigenvalue weighted by molar-refractivity contribution is 5.87. The van der Waals surface area contributed by atoms with Crippen molar-refractivity contribution < 1.29 is 9.26 Å². The molecule has 198 valence electrons. The van der Waals surface area contributed by atoms with Gasteiger partial charge in [-0.1, -0.05) is 31.3 Å². The van der Waals surface area contributed by atoms with Crippen LogP contribution in [0.25, 0.3) is 22.8 Å².